The highest BCUT2D eigenvalue weighted by molar-refractivity contribution is 5.92. The zero-order chi connectivity index (χ0) is 25.6. The van der Waals surface area contributed by atoms with Gasteiger partial charge >= 0.3 is 0 Å². The van der Waals surface area contributed by atoms with Gasteiger partial charge < -0.3 is 24.3 Å². The molecular weight excluding hydrogens is 481 g/mol. The lowest BCUT2D eigenvalue weighted by atomic mass is 10.2. The molecule has 37 heavy (non-hydrogen) atoms. The minimum Gasteiger partial charge on any atom is -0.508 e. The van der Waals surface area contributed by atoms with Gasteiger partial charge in [0, 0.05) is 48.0 Å². The number of benzene rings is 2. The molecule has 1 aliphatic heterocycles. The fourth-order valence-electron chi connectivity index (χ4n) is 3.86. The van der Waals surface area contributed by atoms with E-state index < -0.39 is 5.82 Å². The van der Waals surface area contributed by atoms with Crippen LogP contribution in [0.1, 0.15) is 11.6 Å². The topological polar surface area (TPSA) is 122 Å². The SMILES string of the molecule is O=Nc1ccc(/C=C/c2nc(Nc3ccc(O)cc3)c3cc(F)c(OCCN4CCOCC4)cc3n2)o1. The Morgan fingerprint density at radius 1 is 1.11 bits per heavy atom. The molecule has 0 saturated carbocycles. The number of aromatic nitrogens is 2. The number of phenols is 1. The number of rotatable bonds is 9. The summed E-state index contributed by atoms with van der Waals surface area (Å²) in [6.45, 7) is 3.98. The van der Waals surface area contributed by atoms with Gasteiger partial charge in [-0.1, -0.05) is 0 Å². The predicted molar refractivity (Wildman–Crippen MR) is 137 cm³/mol. The van der Waals surface area contributed by atoms with Crippen LogP contribution in [-0.2, 0) is 4.74 Å². The third kappa shape index (κ3) is 6.08. The minimum atomic E-state index is -0.528. The second kappa shape index (κ2) is 11.1. The molecule has 4 aromatic rings. The quantitative estimate of drug-likeness (QED) is 0.236. The summed E-state index contributed by atoms with van der Waals surface area (Å²) in [4.78, 5) is 21.9. The van der Waals surface area contributed by atoms with Crippen LogP contribution < -0.4 is 10.1 Å². The molecular formula is C26H24FN5O5. The van der Waals surface area contributed by atoms with Crippen molar-refractivity contribution in [2.24, 2.45) is 5.18 Å². The summed E-state index contributed by atoms with van der Waals surface area (Å²) in [5.74, 6) is 0.729. The Morgan fingerprint density at radius 3 is 2.68 bits per heavy atom. The molecule has 2 aromatic heterocycles. The smallest absolute Gasteiger partial charge is 0.260 e. The third-order valence-corrected chi connectivity index (χ3v) is 5.76. The first-order valence-electron chi connectivity index (χ1n) is 11.7. The normalized spacial score (nSPS) is 14.3. The highest BCUT2D eigenvalue weighted by Gasteiger charge is 2.15. The van der Waals surface area contributed by atoms with Crippen molar-refractivity contribution in [3.8, 4) is 11.5 Å². The zero-order valence-electron chi connectivity index (χ0n) is 19.8. The van der Waals surface area contributed by atoms with Gasteiger partial charge in [-0.3, -0.25) is 4.90 Å². The number of halogens is 1. The number of phenolic OH excluding ortho intramolecular Hbond substituents is 1. The Morgan fingerprint density at radius 2 is 1.92 bits per heavy atom. The number of nitroso groups, excluding NO2 is 1. The molecule has 0 atom stereocenters. The van der Waals surface area contributed by atoms with Gasteiger partial charge in [0.1, 0.15) is 23.9 Å². The number of fused-ring (bicyclic) bond motifs is 1. The maximum absolute atomic E-state index is 15.0. The van der Waals surface area contributed by atoms with E-state index in [-0.39, 0.29) is 17.4 Å². The van der Waals surface area contributed by atoms with Crippen LogP contribution in [-0.4, -0.2) is 59.4 Å². The second-order valence-corrected chi connectivity index (χ2v) is 8.31. The molecule has 0 aliphatic carbocycles. The Labute approximate surface area is 211 Å². The van der Waals surface area contributed by atoms with Gasteiger partial charge in [-0.05, 0) is 48.6 Å². The van der Waals surface area contributed by atoms with Crippen molar-refractivity contribution in [3.63, 3.8) is 0 Å². The molecule has 3 heterocycles. The summed E-state index contributed by atoms with van der Waals surface area (Å²) < 4.78 is 31.4. The Balaban J connectivity index is 1.45. The first-order valence-corrected chi connectivity index (χ1v) is 11.7. The number of nitrogens with zero attached hydrogens (tertiary/aromatic N) is 4. The van der Waals surface area contributed by atoms with E-state index in [2.05, 4.69) is 25.4 Å². The summed E-state index contributed by atoms with van der Waals surface area (Å²) in [6, 6.07) is 12.3. The lowest BCUT2D eigenvalue weighted by molar-refractivity contribution is 0.0320. The van der Waals surface area contributed by atoms with Gasteiger partial charge in [0.25, 0.3) is 5.88 Å². The molecule has 0 unspecified atom stereocenters. The summed E-state index contributed by atoms with van der Waals surface area (Å²) in [6.07, 6.45) is 3.21. The maximum Gasteiger partial charge on any atom is 0.260 e. The molecule has 2 N–H and O–H groups in total. The second-order valence-electron chi connectivity index (χ2n) is 8.31. The van der Waals surface area contributed by atoms with Gasteiger partial charge in [0.05, 0.1) is 18.7 Å². The number of nitrogens with one attached hydrogen (secondary N) is 1. The number of anilines is 2. The summed E-state index contributed by atoms with van der Waals surface area (Å²) in [5, 5.41) is 16.0. The van der Waals surface area contributed by atoms with Crippen LogP contribution >= 0.6 is 0 Å². The van der Waals surface area contributed by atoms with Crippen LogP contribution in [0.25, 0.3) is 23.1 Å². The molecule has 11 heteroatoms. The average Bonchev–Trinajstić information content (AvgIpc) is 3.38. The molecule has 5 rings (SSSR count). The molecule has 0 bridgehead atoms. The summed E-state index contributed by atoms with van der Waals surface area (Å²) in [7, 11) is 0. The molecule has 190 valence electrons. The molecule has 1 saturated heterocycles. The highest BCUT2D eigenvalue weighted by Crippen LogP contribution is 2.30. The Kier molecular flexibility index (Phi) is 7.33. The van der Waals surface area contributed by atoms with Gasteiger partial charge in [0.15, 0.2) is 17.4 Å². The Hall–Kier alpha value is -4.35. The monoisotopic (exact) mass is 505 g/mol. The lowest BCUT2D eigenvalue weighted by Gasteiger charge is -2.26. The summed E-state index contributed by atoms with van der Waals surface area (Å²) >= 11 is 0. The van der Waals surface area contributed by atoms with Gasteiger partial charge in [-0.15, -0.1) is 4.91 Å². The van der Waals surface area contributed by atoms with Crippen LogP contribution in [0.3, 0.4) is 0 Å². The Bertz CT molecular complexity index is 1420. The molecule has 1 aliphatic rings. The number of ether oxygens (including phenoxy) is 2. The van der Waals surface area contributed by atoms with Crippen LogP contribution in [0.15, 0.2) is 58.1 Å². The average molecular weight is 506 g/mol. The number of hydrogen-bond acceptors (Lipinski definition) is 10. The van der Waals surface area contributed by atoms with Crippen LogP contribution in [0.5, 0.6) is 11.5 Å². The van der Waals surface area contributed by atoms with Crippen molar-refractivity contribution >= 4 is 40.4 Å². The highest BCUT2D eigenvalue weighted by atomic mass is 19.1. The van der Waals surface area contributed by atoms with Crippen molar-refractivity contribution in [1.82, 2.24) is 14.9 Å². The van der Waals surface area contributed by atoms with Crippen molar-refractivity contribution in [2.45, 2.75) is 0 Å². The van der Waals surface area contributed by atoms with Crippen LogP contribution in [0, 0.1) is 10.7 Å². The van der Waals surface area contributed by atoms with E-state index in [1.807, 2.05) is 0 Å². The number of aromatic hydroxyl groups is 1. The van der Waals surface area contributed by atoms with Crippen molar-refractivity contribution in [3.05, 3.63) is 70.8 Å². The van der Waals surface area contributed by atoms with Crippen molar-refractivity contribution in [2.75, 3.05) is 44.8 Å². The van der Waals surface area contributed by atoms with E-state index >= 15 is 4.39 Å². The molecule has 0 amide bonds. The maximum atomic E-state index is 15.0. The first kappa shape index (κ1) is 24.3. The molecule has 10 nitrogen and oxygen atoms in total. The summed E-state index contributed by atoms with van der Waals surface area (Å²) in [5.41, 5.74) is 1.11. The number of morpholine rings is 1. The van der Waals surface area contributed by atoms with E-state index in [0.717, 1.165) is 13.1 Å². The van der Waals surface area contributed by atoms with E-state index in [0.29, 0.717) is 60.4 Å². The fourth-order valence-corrected chi connectivity index (χ4v) is 3.86. The number of hydrogen-bond donors (Lipinski definition) is 2. The van der Waals surface area contributed by atoms with E-state index in [4.69, 9.17) is 13.9 Å². The van der Waals surface area contributed by atoms with Crippen LogP contribution in [0.2, 0.25) is 0 Å². The van der Waals surface area contributed by atoms with Crippen LogP contribution in [0.4, 0.5) is 21.8 Å². The predicted octanol–water partition coefficient (Wildman–Crippen LogP) is 5.09. The van der Waals surface area contributed by atoms with Crippen molar-refractivity contribution in [1.29, 1.82) is 0 Å². The lowest BCUT2D eigenvalue weighted by Crippen LogP contribution is -2.38. The van der Waals surface area contributed by atoms with E-state index in [1.165, 1.54) is 24.3 Å². The van der Waals surface area contributed by atoms with Gasteiger partial charge in [-0.2, -0.15) is 0 Å². The third-order valence-electron chi connectivity index (χ3n) is 5.76. The van der Waals surface area contributed by atoms with Gasteiger partial charge in [0.2, 0.25) is 0 Å². The standard InChI is InChI=1S/C26H24FN5O5/c27-21-15-20-22(16-23(21)36-14-11-32-9-12-35-13-10-32)29-24(7-5-19-6-8-25(31-34)37-19)30-26(20)28-17-1-3-18(33)4-2-17/h1-8,15-16,33H,9-14H2,(H,28,29,30)/b7-5+. The fraction of sp³-hybridized carbons (Fsp3) is 0.231. The molecule has 0 spiro atoms. The van der Waals surface area contributed by atoms with E-state index in [9.17, 15) is 10.0 Å². The van der Waals surface area contributed by atoms with E-state index in [1.54, 1.807) is 36.4 Å². The molecule has 0 radical (unpaired) electrons. The first-order chi connectivity index (χ1) is 18.1. The number of furan rings is 1. The zero-order valence-corrected chi connectivity index (χ0v) is 19.8. The molecule has 2 aromatic carbocycles. The molecule has 1 fully saturated rings. The van der Waals surface area contributed by atoms with Crippen molar-refractivity contribution < 1.29 is 23.4 Å². The largest absolute Gasteiger partial charge is 0.508 e. The van der Waals surface area contributed by atoms with Gasteiger partial charge in [-0.25, -0.2) is 14.4 Å². The minimum absolute atomic E-state index is 0.0388.